The van der Waals surface area contributed by atoms with E-state index < -0.39 is 0 Å². The summed E-state index contributed by atoms with van der Waals surface area (Å²) in [6.45, 7) is 1.03. The first-order valence-corrected chi connectivity index (χ1v) is 10.7. The normalized spacial score (nSPS) is 10.8. The van der Waals surface area contributed by atoms with E-state index in [1.807, 2.05) is 72.8 Å². The fourth-order valence-electron chi connectivity index (χ4n) is 3.78. The summed E-state index contributed by atoms with van der Waals surface area (Å²) in [5.74, 6) is 0.457. The monoisotopic (exact) mass is 426 g/mol. The topological polar surface area (TPSA) is 51.5 Å². The Morgan fingerprint density at radius 3 is 2.22 bits per heavy atom. The SMILES string of the molecule is CN(CCc1ccccc1)C(=O)Cn1c(C=O)c(OCc2ccccc2)c2ccccc21. The van der Waals surface area contributed by atoms with Crippen molar-refractivity contribution in [1.29, 1.82) is 0 Å². The maximum absolute atomic E-state index is 13.0. The number of para-hydroxylation sites is 1. The highest BCUT2D eigenvalue weighted by Gasteiger charge is 2.21. The lowest BCUT2D eigenvalue weighted by atomic mass is 10.1. The Bertz CT molecular complexity index is 1200. The quantitative estimate of drug-likeness (QED) is 0.364. The maximum atomic E-state index is 13.0. The van der Waals surface area contributed by atoms with Gasteiger partial charge in [0.25, 0.3) is 0 Å². The Hall–Kier alpha value is -3.86. The van der Waals surface area contributed by atoms with E-state index in [2.05, 4.69) is 12.1 Å². The van der Waals surface area contributed by atoms with Crippen LogP contribution >= 0.6 is 0 Å². The van der Waals surface area contributed by atoms with Crippen LogP contribution in [-0.4, -0.2) is 35.3 Å². The molecule has 1 heterocycles. The molecular weight excluding hydrogens is 400 g/mol. The highest BCUT2D eigenvalue weighted by Crippen LogP contribution is 2.33. The number of benzene rings is 3. The molecule has 0 bridgehead atoms. The van der Waals surface area contributed by atoms with Crippen molar-refractivity contribution >= 4 is 23.1 Å². The minimum atomic E-state index is -0.0561. The first-order valence-electron chi connectivity index (χ1n) is 10.7. The van der Waals surface area contributed by atoms with Crippen molar-refractivity contribution in [2.24, 2.45) is 0 Å². The molecular formula is C27H26N2O3. The van der Waals surface area contributed by atoms with Crippen LogP contribution in [0.5, 0.6) is 5.75 Å². The number of carbonyl (C=O) groups excluding carboxylic acids is 2. The zero-order valence-electron chi connectivity index (χ0n) is 18.1. The summed E-state index contributed by atoms with van der Waals surface area (Å²) < 4.78 is 7.83. The van der Waals surface area contributed by atoms with Crippen LogP contribution in [0.2, 0.25) is 0 Å². The number of fused-ring (bicyclic) bond motifs is 1. The standard InChI is InChI=1S/C27H26N2O3/c1-28(17-16-21-10-4-2-5-11-21)26(31)18-29-24-15-9-8-14-23(24)27(25(29)19-30)32-20-22-12-6-3-7-13-22/h2-15,19H,16-18,20H2,1H3. The van der Waals surface area contributed by atoms with E-state index in [1.54, 1.807) is 16.5 Å². The van der Waals surface area contributed by atoms with Crippen LogP contribution in [-0.2, 0) is 24.4 Å². The number of amides is 1. The van der Waals surface area contributed by atoms with Crippen molar-refractivity contribution in [3.05, 3.63) is 102 Å². The second kappa shape index (κ2) is 9.96. The third-order valence-corrected chi connectivity index (χ3v) is 5.60. The molecule has 0 N–H and O–H groups in total. The summed E-state index contributed by atoms with van der Waals surface area (Å²) in [6.07, 6.45) is 1.55. The molecule has 1 amide bonds. The van der Waals surface area contributed by atoms with Gasteiger partial charge in [-0.25, -0.2) is 0 Å². The summed E-state index contributed by atoms with van der Waals surface area (Å²) in [5.41, 5.74) is 3.39. The van der Waals surface area contributed by atoms with Gasteiger partial charge in [0.2, 0.25) is 5.91 Å². The lowest BCUT2D eigenvalue weighted by Gasteiger charge is -2.18. The Morgan fingerprint density at radius 2 is 1.53 bits per heavy atom. The maximum Gasteiger partial charge on any atom is 0.242 e. The van der Waals surface area contributed by atoms with Crippen LogP contribution in [0.1, 0.15) is 21.6 Å². The molecule has 0 fully saturated rings. The molecule has 0 aliphatic rings. The van der Waals surface area contributed by atoms with Gasteiger partial charge in [0.1, 0.15) is 18.8 Å². The Labute approximate surface area is 187 Å². The van der Waals surface area contributed by atoms with Crippen LogP contribution in [0.25, 0.3) is 10.9 Å². The summed E-state index contributed by atoms with van der Waals surface area (Å²) in [7, 11) is 1.80. The van der Waals surface area contributed by atoms with E-state index in [-0.39, 0.29) is 12.5 Å². The molecule has 0 atom stereocenters. The van der Waals surface area contributed by atoms with E-state index in [4.69, 9.17) is 4.74 Å². The van der Waals surface area contributed by atoms with Gasteiger partial charge in [-0.2, -0.15) is 0 Å². The number of aldehydes is 1. The minimum Gasteiger partial charge on any atom is -0.486 e. The van der Waals surface area contributed by atoms with Gasteiger partial charge in [-0.1, -0.05) is 72.8 Å². The van der Waals surface area contributed by atoms with Gasteiger partial charge in [-0.3, -0.25) is 9.59 Å². The van der Waals surface area contributed by atoms with Crippen LogP contribution in [0, 0.1) is 0 Å². The fraction of sp³-hybridized carbons (Fsp3) is 0.185. The average molecular weight is 427 g/mol. The van der Waals surface area contributed by atoms with Crippen molar-refractivity contribution in [3.8, 4) is 5.75 Å². The number of nitrogens with zero attached hydrogens (tertiary/aromatic N) is 2. The molecule has 0 saturated heterocycles. The summed E-state index contributed by atoms with van der Waals surface area (Å²) in [5, 5.41) is 0.824. The number of ether oxygens (including phenoxy) is 1. The smallest absolute Gasteiger partial charge is 0.242 e. The molecule has 3 aromatic carbocycles. The average Bonchev–Trinajstić information content (AvgIpc) is 3.14. The first kappa shape index (κ1) is 21.4. The van der Waals surface area contributed by atoms with Crippen LogP contribution in [0.15, 0.2) is 84.9 Å². The molecule has 1 aromatic heterocycles. The number of hydrogen-bond donors (Lipinski definition) is 0. The minimum absolute atomic E-state index is 0.0561. The molecule has 0 saturated carbocycles. The number of aromatic nitrogens is 1. The zero-order chi connectivity index (χ0) is 22.3. The highest BCUT2D eigenvalue weighted by molar-refractivity contribution is 5.97. The molecule has 0 aliphatic carbocycles. The summed E-state index contributed by atoms with van der Waals surface area (Å²) in [4.78, 5) is 26.8. The van der Waals surface area contributed by atoms with Crippen LogP contribution in [0.4, 0.5) is 0 Å². The lowest BCUT2D eigenvalue weighted by Crippen LogP contribution is -2.32. The van der Waals surface area contributed by atoms with Crippen molar-refractivity contribution in [2.75, 3.05) is 13.6 Å². The molecule has 5 nitrogen and oxygen atoms in total. The van der Waals surface area contributed by atoms with Gasteiger partial charge in [-0.15, -0.1) is 0 Å². The number of carbonyl (C=O) groups is 2. The molecule has 0 spiro atoms. The molecule has 0 radical (unpaired) electrons. The second-order valence-corrected chi connectivity index (χ2v) is 7.76. The number of likely N-dealkylation sites (N-methyl/N-ethyl adjacent to an activating group) is 1. The van der Waals surface area contributed by atoms with Crippen LogP contribution < -0.4 is 4.74 Å². The third kappa shape index (κ3) is 4.72. The predicted molar refractivity (Wildman–Crippen MR) is 126 cm³/mol. The van der Waals surface area contributed by atoms with Gasteiger partial charge in [-0.05, 0) is 29.7 Å². The van der Waals surface area contributed by atoms with E-state index >= 15 is 0 Å². The Kier molecular flexibility index (Phi) is 6.66. The Morgan fingerprint density at radius 1 is 0.906 bits per heavy atom. The predicted octanol–water partition coefficient (Wildman–Crippen LogP) is 4.73. The third-order valence-electron chi connectivity index (χ3n) is 5.60. The molecule has 5 heteroatoms. The van der Waals surface area contributed by atoms with Gasteiger partial charge in [0, 0.05) is 19.0 Å². The molecule has 4 aromatic rings. The molecule has 162 valence electrons. The van der Waals surface area contributed by atoms with Gasteiger partial charge < -0.3 is 14.2 Å². The summed E-state index contributed by atoms with van der Waals surface area (Å²) >= 11 is 0. The number of hydrogen-bond acceptors (Lipinski definition) is 3. The van der Waals surface area contributed by atoms with E-state index in [1.165, 1.54) is 5.56 Å². The zero-order valence-corrected chi connectivity index (χ0v) is 18.1. The summed E-state index contributed by atoms with van der Waals surface area (Å²) in [6, 6.07) is 27.5. The van der Waals surface area contributed by atoms with E-state index in [0.29, 0.717) is 24.6 Å². The molecule has 0 aliphatic heterocycles. The lowest BCUT2D eigenvalue weighted by molar-refractivity contribution is -0.130. The van der Waals surface area contributed by atoms with Crippen molar-refractivity contribution in [1.82, 2.24) is 9.47 Å². The number of rotatable bonds is 9. The largest absolute Gasteiger partial charge is 0.486 e. The highest BCUT2D eigenvalue weighted by atomic mass is 16.5. The van der Waals surface area contributed by atoms with Crippen molar-refractivity contribution in [2.45, 2.75) is 19.6 Å². The second-order valence-electron chi connectivity index (χ2n) is 7.76. The van der Waals surface area contributed by atoms with Crippen molar-refractivity contribution in [3.63, 3.8) is 0 Å². The molecule has 4 rings (SSSR count). The molecule has 0 unspecified atom stereocenters. The van der Waals surface area contributed by atoms with Crippen LogP contribution in [0.3, 0.4) is 0 Å². The fourth-order valence-corrected chi connectivity index (χ4v) is 3.78. The first-order chi connectivity index (χ1) is 15.7. The van der Waals surface area contributed by atoms with E-state index in [9.17, 15) is 9.59 Å². The van der Waals surface area contributed by atoms with E-state index in [0.717, 1.165) is 29.2 Å². The van der Waals surface area contributed by atoms with Gasteiger partial charge >= 0.3 is 0 Å². The van der Waals surface area contributed by atoms with Gasteiger partial charge in [0.15, 0.2) is 12.0 Å². The van der Waals surface area contributed by atoms with Crippen molar-refractivity contribution < 1.29 is 14.3 Å². The Balaban J connectivity index is 1.55. The molecule has 32 heavy (non-hydrogen) atoms. The van der Waals surface area contributed by atoms with Gasteiger partial charge in [0.05, 0.1) is 5.52 Å².